The Hall–Kier alpha value is -2.30. The van der Waals surface area contributed by atoms with Gasteiger partial charge in [-0.1, -0.05) is 25.1 Å². The lowest BCUT2D eigenvalue weighted by Gasteiger charge is -2.13. The molecule has 0 aliphatic carbocycles. The van der Waals surface area contributed by atoms with Gasteiger partial charge in [-0.3, -0.25) is 9.59 Å². The first kappa shape index (κ1) is 15.1. The fraction of sp³-hybridized carbons (Fsp3) is 0.375. The van der Waals surface area contributed by atoms with Crippen LogP contribution in [0.5, 0.6) is 0 Å². The molecular formula is C16H20N2O3. The van der Waals surface area contributed by atoms with E-state index in [-0.39, 0.29) is 18.4 Å². The van der Waals surface area contributed by atoms with Gasteiger partial charge in [0.15, 0.2) is 0 Å². The van der Waals surface area contributed by atoms with Crippen LogP contribution in [0.3, 0.4) is 0 Å². The van der Waals surface area contributed by atoms with Gasteiger partial charge in [0.25, 0.3) is 0 Å². The smallest absolute Gasteiger partial charge is 0.322 e. The number of benzene rings is 1. The van der Waals surface area contributed by atoms with Crippen molar-refractivity contribution in [1.82, 2.24) is 9.88 Å². The number of rotatable bonds is 6. The van der Waals surface area contributed by atoms with E-state index in [1.54, 1.807) is 0 Å². The molecule has 0 radical (unpaired) electrons. The van der Waals surface area contributed by atoms with Crippen LogP contribution in [0.4, 0.5) is 0 Å². The zero-order valence-corrected chi connectivity index (χ0v) is 12.3. The molecule has 2 rings (SSSR count). The van der Waals surface area contributed by atoms with Crippen molar-refractivity contribution in [3.63, 3.8) is 0 Å². The molecule has 0 spiro atoms. The van der Waals surface area contributed by atoms with Crippen molar-refractivity contribution in [3.8, 4) is 0 Å². The summed E-state index contributed by atoms with van der Waals surface area (Å²) in [4.78, 5) is 22.6. The van der Waals surface area contributed by atoms with Crippen LogP contribution in [-0.2, 0) is 23.1 Å². The Morgan fingerprint density at radius 2 is 2.05 bits per heavy atom. The molecule has 1 aromatic carbocycles. The highest BCUT2D eigenvalue weighted by Gasteiger charge is 2.19. The summed E-state index contributed by atoms with van der Waals surface area (Å²) in [6.45, 7) is 1.61. The number of para-hydroxylation sites is 1. The highest BCUT2D eigenvalue weighted by atomic mass is 16.4. The second-order valence-electron chi connectivity index (χ2n) is 5.20. The summed E-state index contributed by atoms with van der Waals surface area (Å²) in [7, 11) is 1.98. The molecular weight excluding hydrogens is 268 g/mol. The molecule has 0 unspecified atom stereocenters. The third-order valence-corrected chi connectivity index (χ3v) is 3.72. The minimum Gasteiger partial charge on any atom is -0.480 e. The van der Waals surface area contributed by atoms with Crippen molar-refractivity contribution in [3.05, 3.63) is 36.0 Å². The Labute approximate surface area is 123 Å². The van der Waals surface area contributed by atoms with Gasteiger partial charge in [-0.05, 0) is 24.5 Å². The summed E-state index contributed by atoms with van der Waals surface area (Å²) in [5, 5.41) is 12.2. The molecule has 5 heteroatoms. The molecule has 5 nitrogen and oxygen atoms in total. The number of carboxylic acid groups (broad SMARTS) is 1. The largest absolute Gasteiger partial charge is 0.480 e. The maximum absolute atomic E-state index is 12.0. The second-order valence-corrected chi connectivity index (χ2v) is 5.20. The molecule has 0 aliphatic rings. The van der Waals surface area contributed by atoms with E-state index in [1.165, 1.54) is 0 Å². The van der Waals surface area contributed by atoms with Gasteiger partial charge in [0.05, 0.1) is 0 Å². The van der Waals surface area contributed by atoms with E-state index < -0.39 is 5.97 Å². The maximum atomic E-state index is 12.0. The van der Waals surface area contributed by atoms with Crippen molar-refractivity contribution in [2.45, 2.75) is 19.8 Å². The molecule has 0 bridgehead atoms. The summed E-state index contributed by atoms with van der Waals surface area (Å²) in [5.41, 5.74) is 2.25. The average molecular weight is 288 g/mol. The van der Waals surface area contributed by atoms with Crippen LogP contribution in [0.15, 0.2) is 30.5 Å². The van der Waals surface area contributed by atoms with Crippen LogP contribution in [0, 0.1) is 5.92 Å². The number of aromatic nitrogens is 1. The molecule has 2 aromatic rings. The number of aliphatic carboxylic acids is 1. The molecule has 0 fully saturated rings. The van der Waals surface area contributed by atoms with E-state index in [0.717, 1.165) is 16.5 Å². The Morgan fingerprint density at radius 3 is 2.71 bits per heavy atom. The predicted molar refractivity (Wildman–Crippen MR) is 81.0 cm³/mol. The van der Waals surface area contributed by atoms with E-state index in [1.807, 2.05) is 49.0 Å². The normalized spacial score (nSPS) is 12.3. The van der Waals surface area contributed by atoms with Gasteiger partial charge in [-0.2, -0.15) is 0 Å². The van der Waals surface area contributed by atoms with Gasteiger partial charge >= 0.3 is 5.97 Å². The number of fused-ring (bicyclic) bond motifs is 1. The standard InChI is InChI=1S/C16H20N2O3/c1-3-11(16(21)17-9-15(19)20)8-12-10-18(2)14-7-5-4-6-13(12)14/h4-7,10-11H,3,8-9H2,1-2H3,(H,17,21)(H,19,20)/t11-/m0/s1. The summed E-state index contributed by atoms with van der Waals surface area (Å²) in [6, 6.07) is 8.07. The van der Waals surface area contributed by atoms with E-state index in [2.05, 4.69) is 5.32 Å². The lowest BCUT2D eigenvalue weighted by molar-refractivity contribution is -0.138. The first-order chi connectivity index (χ1) is 10.0. The molecule has 0 aliphatic heterocycles. The molecule has 21 heavy (non-hydrogen) atoms. The maximum Gasteiger partial charge on any atom is 0.322 e. The van der Waals surface area contributed by atoms with Crippen molar-refractivity contribution >= 4 is 22.8 Å². The SMILES string of the molecule is CC[C@@H](Cc1cn(C)c2ccccc12)C(=O)NCC(=O)O. The minimum atomic E-state index is -1.02. The fourth-order valence-electron chi connectivity index (χ4n) is 2.58. The lowest BCUT2D eigenvalue weighted by atomic mass is 9.96. The quantitative estimate of drug-likeness (QED) is 0.853. The average Bonchev–Trinajstić information content (AvgIpc) is 2.79. The molecule has 1 heterocycles. The van der Waals surface area contributed by atoms with Gasteiger partial charge in [0.1, 0.15) is 6.54 Å². The lowest BCUT2D eigenvalue weighted by Crippen LogP contribution is -2.35. The predicted octanol–water partition coefficient (Wildman–Crippen LogP) is 1.95. The summed E-state index contributed by atoms with van der Waals surface area (Å²) in [5.74, 6) is -1.44. The minimum absolute atomic E-state index is 0.201. The van der Waals surface area contributed by atoms with Crippen molar-refractivity contribution in [2.75, 3.05) is 6.54 Å². The van der Waals surface area contributed by atoms with Crippen molar-refractivity contribution in [2.24, 2.45) is 13.0 Å². The van der Waals surface area contributed by atoms with E-state index in [4.69, 9.17) is 5.11 Å². The number of carbonyl (C=O) groups is 2. The fourth-order valence-corrected chi connectivity index (χ4v) is 2.58. The molecule has 1 aromatic heterocycles. The van der Waals surface area contributed by atoms with E-state index >= 15 is 0 Å². The third kappa shape index (κ3) is 3.42. The number of nitrogens with one attached hydrogen (secondary N) is 1. The monoisotopic (exact) mass is 288 g/mol. The third-order valence-electron chi connectivity index (χ3n) is 3.72. The molecule has 0 saturated carbocycles. The van der Waals surface area contributed by atoms with Gasteiger partial charge < -0.3 is 15.0 Å². The second kappa shape index (κ2) is 6.43. The van der Waals surface area contributed by atoms with E-state index in [9.17, 15) is 9.59 Å². The number of amides is 1. The number of hydrogen-bond acceptors (Lipinski definition) is 2. The van der Waals surface area contributed by atoms with Gasteiger partial charge in [0, 0.05) is 30.1 Å². The Kier molecular flexibility index (Phi) is 4.62. The van der Waals surface area contributed by atoms with Crippen LogP contribution in [0.1, 0.15) is 18.9 Å². The van der Waals surface area contributed by atoms with Gasteiger partial charge in [-0.15, -0.1) is 0 Å². The van der Waals surface area contributed by atoms with Crippen LogP contribution < -0.4 is 5.32 Å². The highest BCUT2D eigenvalue weighted by molar-refractivity contribution is 5.86. The van der Waals surface area contributed by atoms with Crippen LogP contribution >= 0.6 is 0 Å². The van der Waals surface area contributed by atoms with E-state index in [0.29, 0.717) is 12.8 Å². The molecule has 1 atom stereocenters. The molecule has 0 saturated heterocycles. The van der Waals surface area contributed by atoms with Crippen LogP contribution in [0.25, 0.3) is 10.9 Å². The zero-order chi connectivity index (χ0) is 15.4. The molecule has 2 N–H and O–H groups in total. The van der Waals surface area contributed by atoms with Crippen LogP contribution in [0.2, 0.25) is 0 Å². The van der Waals surface area contributed by atoms with Crippen molar-refractivity contribution < 1.29 is 14.7 Å². The first-order valence-electron chi connectivity index (χ1n) is 7.05. The Morgan fingerprint density at radius 1 is 1.33 bits per heavy atom. The first-order valence-corrected chi connectivity index (χ1v) is 7.05. The zero-order valence-electron chi connectivity index (χ0n) is 12.3. The topological polar surface area (TPSA) is 71.3 Å². The molecule has 1 amide bonds. The Bertz CT molecular complexity index is 661. The number of carbonyl (C=O) groups excluding carboxylic acids is 1. The summed E-state index contributed by atoms with van der Waals surface area (Å²) < 4.78 is 2.05. The summed E-state index contributed by atoms with van der Waals surface area (Å²) >= 11 is 0. The van der Waals surface area contributed by atoms with Crippen molar-refractivity contribution in [1.29, 1.82) is 0 Å². The number of aryl methyl sites for hydroxylation is 1. The Balaban J connectivity index is 2.17. The van der Waals surface area contributed by atoms with Gasteiger partial charge in [0.2, 0.25) is 5.91 Å². The molecule has 112 valence electrons. The summed E-state index contributed by atoms with van der Waals surface area (Å²) in [6.07, 6.45) is 3.33. The number of nitrogens with zero attached hydrogens (tertiary/aromatic N) is 1. The van der Waals surface area contributed by atoms with Gasteiger partial charge in [-0.25, -0.2) is 0 Å². The van der Waals surface area contributed by atoms with Crippen LogP contribution in [-0.4, -0.2) is 28.1 Å². The highest BCUT2D eigenvalue weighted by Crippen LogP contribution is 2.24. The number of hydrogen-bond donors (Lipinski definition) is 2. The number of carboxylic acids is 1.